The van der Waals surface area contributed by atoms with Crippen molar-refractivity contribution in [2.24, 2.45) is 0 Å². The van der Waals surface area contributed by atoms with Crippen molar-refractivity contribution in [1.82, 2.24) is 9.78 Å². The summed E-state index contributed by atoms with van der Waals surface area (Å²) in [6, 6.07) is 7.46. The van der Waals surface area contributed by atoms with Crippen molar-refractivity contribution >= 4 is 5.97 Å². The quantitative estimate of drug-likeness (QED) is 0.743. The number of aryl methyl sites for hydroxylation is 2. The van der Waals surface area contributed by atoms with Crippen LogP contribution in [-0.2, 0) is 4.74 Å². The summed E-state index contributed by atoms with van der Waals surface area (Å²) < 4.78 is 6.49. The average Bonchev–Trinajstić information content (AvgIpc) is 2.75. The van der Waals surface area contributed by atoms with Crippen LogP contribution in [0.5, 0.6) is 0 Å². The molecule has 0 fully saturated rings. The second-order valence-electron chi connectivity index (χ2n) is 3.89. The third kappa shape index (κ3) is 2.20. The molecule has 0 atom stereocenters. The third-order valence-corrected chi connectivity index (χ3v) is 2.60. The summed E-state index contributed by atoms with van der Waals surface area (Å²) >= 11 is 0. The number of benzene rings is 1. The number of carbonyl (C=O) groups is 1. The molecule has 0 unspecified atom stereocenters. The van der Waals surface area contributed by atoms with Gasteiger partial charge < -0.3 is 4.74 Å². The van der Waals surface area contributed by atoms with Gasteiger partial charge in [-0.15, -0.1) is 0 Å². The number of methoxy groups -OCH3 is 1. The second kappa shape index (κ2) is 4.41. The Kier molecular flexibility index (Phi) is 2.95. The van der Waals surface area contributed by atoms with Gasteiger partial charge in [-0.3, -0.25) is 0 Å². The highest BCUT2D eigenvalue weighted by Crippen LogP contribution is 2.15. The Labute approximate surface area is 99.8 Å². The van der Waals surface area contributed by atoms with E-state index in [0.717, 1.165) is 16.9 Å². The average molecular weight is 230 g/mol. The van der Waals surface area contributed by atoms with E-state index >= 15 is 0 Å². The smallest absolute Gasteiger partial charge is 0.338 e. The van der Waals surface area contributed by atoms with Crippen molar-refractivity contribution in [3.63, 3.8) is 0 Å². The van der Waals surface area contributed by atoms with Gasteiger partial charge in [0.1, 0.15) is 0 Å². The lowest BCUT2D eigenvalue weighted by Gasteiger charge is -2.07. The zero-order valence-electron chi connectivity index (χ0n) is 10.1. The number of hydrogen-bond acceptors (Lipinski definition) is 3. The Morgan fingerprint density at radius 1 is 1.29 bits per heavy atom. The van der Waals surface area contributed by atoms with Gasteiger partial charge in [-0.05, 0) is 43.7 Å². The molecule has 0 saturated carbocycles. The third-order valence-electron chi connectivity index (χ3n) is 2.60. The van der Waals surface area contributed by atoms with Gasteiger partial charge in [-0.2, -0.15) is 5.10 Å². The van der Waals surface area contributed by atoms with Gasteiger partial charge in [0, 0.05) is 6.20 Å². The number of hydrogen-bond donors (Lipinski definition) is 0. The minimum atomic E-state index is -0.314. The molecule has 2 aromatic rings. The number of ether oxygens (including phenoxy) is 1. The molecule has 1 aromatic carbocycles. The van der Waals surface area contributed by atoms with Crippen molar-refractivity contribution < 1.29 is 9.53 Å². The fraction of sp³-hybridized carbons (Fsp3) is 0.231. The summed E-state index contributed by atoms with van der Waals surface area (Å²) in [7, 11) is 1.38. The molecule has 4 heteroatoms. The molecule has 0 radical (unpaired) electrons. The van der Waals surface area contributed by atoms with Crippen molar-refractivity contribution in [3.8, 4) is 5.69 Å². The number of esters is 1. The molecule has 0 bridgehead atoms. The molecule has 0 spiro atoms. The summed E-state index contributed by atoms with van der Waals surface area (Å²) in [6.45, 7) is 3.82. The van der Waals surface area contributed by atoms with Gasteiger partial charge in [-0.1, -0.05) is 0 Å². The molecule has 88 valence electrons. The van der Waals surface area contributed by atoms with Crippen LogP contribution in [0.1, 0.15) is 21.6 Å². The zero-order chi connectivity index (χ0) is 12.4. The maximum absolute atomic E-state index is 11.4. The normalized spacial score (nSPS) is 10.3. The molecule has 0 aliphatic rings. The van der Waals surface area contributed by atoms with Gasteiger partial charge in [0.25, 0.3) is 0 Å². The lowest BCUT2D eigenvalue weighted by atomic mass is 10.1. The van der Waals surface area contributed by atoms with E-state index in [4.69, 9.17) is 4.74 Å². The molecule has 0 aliphatic carbocycles. The van der Waals surface area contributed by atoms with Crippen molar-refractivity contribution in [2.75, 3.05) is 7.11 Å². The second-order valence-corrected chi connectivity index (χ2v) is 3.89. The first-order valence-electron chi connectivity index (χ1n) is 5.33. The summed E-state index contributed by atoms with van der Waals surface area (Å²) in [6.07, 6.45) is 1.89. The Morgan fingerprint density at radius 3 is 2.59 bits per heavy atom. The molecule has 2 rings (SSSR count). The van der Waals surface area contributed by atoms with Crippen LogP contribution >= 0.6 is 0 Å². The number of carbonyl (C=O) groups excluding carboxylic acids is 1. The number of aromatic nitrogens is 2. The van der Waals surface area contributed by atoms with Crippen LogP contribution in [0.15, 0.2) is 30.5 Å². The van der Waals surface area contributed by atoms with Gasteiger partial charge in [0.15, 0.2) is 0 Å². The highest BCUT2D eigenvalue weighted by atomic mass is 16.5. The van der Waals surface area contributed by atoms with Crippen LogP contribution in [-0.4, -0.2) is 22.9 Å². The summed E-state index contributed by atoms with van der Waals surface area (Å²) in [5.41, 5.74) is 3.35. The van der Waals surface area contributed by atoms with Crippen LogP contribution in [0.4, 0.5) is 0 Å². The molecule has 1 heterocycles. The maximum atomic E-state index is 11.4. The first kappa shape index (κ1) is 11.4. The zero-order valence-corrected chi connectivity index (χ0v) is 10.1. The van der Waals surface area contributed by atoms with Gasteiger partial charge >= 0.3 is 5.97 Å². The molecule has 0 amide bonds. The molecule has 0 N–H and O–H groups in total. The van der Waals surface area contributed by atoms with Crippen LogP contribution in [0, 0.1) is 13.8 Å². The van der Waals surface area contributed by atoms with E-state index in [1.165, 1.54) is 7.11 Å². The number of nitrogens with zero attached hydrogens (tertiary/aromatic N) is 2. The molecular formula is C13H14N2O2. The highest BCUT2D eigenvalue weighted by Gasteiger charge is 2.09. The molecular weight excluding hydrogens is 216 g/mol. The summed E-state index contributed by atoms with van der Waals surface area (Å²) in [5.74, 6) is -0.314. The lowest BCUT2D eigenvalue weighted by Crippen LogP contribution is -2.05. The van der Waals surface area contributed by atoms with Gasteiger partial charge in [0.05, 0.1) is 24.1 Å². The Bertz CT molecular complexity index is 558. The van der Waals surface area contributed by atoms with E-state index in [1.807, 2.05) is 38.2 Å². The molecule has 1 aromatic heterocycles. The van der Waals surface area contributed by atoms with E-state index in [-0.39, 0.29) is 5.97 Å². The molecule has 0 aliphatic heterocycles. The van der Waals surface area contributed by atoms with Gasteiger partial charge in [-0.25, -0.2) is 9.48 Å². The van der Waals surface area contributed by atoms with Crippen molar-refractivity contribution in [2.45, 2.75) is 13.8 Å². The monoisotopic (exact) mass is 230 g/mol. The first-order chi connectivity index (χ1) is 8.11. The van der Waals surface area contributed by atoms with Crippen LogP contribution in [0.3, 0.4) is 0 Å². The minimum Gasteiger partial charge on any atom is -0.465 e. The fourth-order valence-electron chi connectivity index (χ4n) is 1.69. The lowest BCUT2D eigenvalue weighted by molar-refractivity contribution is 0.0600. The molecule has 4 nitrogen and oxygen atoms in total. The SMILES string of the molecule is COC(=O)c1ccc(-n2ccc(C)n2)cc1C. The van der Waals surface area contributed by atoms with Crippen LogP contribution < -0.4 is 0 Å². The summed E-state index contributed by atoms with van der Waals surface area (Å²) in [5, 5.41) is 4.32. The fourth-order valence-corrected chi connectivity index (χ4v) is 1.69. The predicted molar refractivity (Wildman–Crippen MR) is 64.4 cm³/mol. The Balaban J connectivity index is 2.40. The first-order valence-corrected chi connectivity index (χ1v) is 5.33. The van der Waals surface area contributed by atoms with E-state index < -0.39 is 0 Å². The van der Waals surface area contributed by atoms with Crippen LogP contribution in [0.25, 0.3) is 5.69 Å². The predicted octanol–water partition coefficient (Wildman–Crippen LogP) is 2.28. The highest BCUT2D eigenvalue weighted by molar-refractivity contribution is 5.91. The van der Waals surface area contributed by atoms with E-state index in [9.17, 15) is 4.79 Å². The maximum Gasteiger partial charge on any atom is 0.338 e. The Morgan fingerprint density at radius 2 is 2.06 bits per heavy atom. The molecule has 17 heavy (non-hydrogen) atoms. The van der Waals surface area contributed by atoms with Crippen molar-refractivity contribution in [3.05, 3.63) is 47.3 Å². The van der Waals surface area contributed by atoms with Crippen LogP contribution in [0.2, 0.25) is 0 Å². The van der Waals surface area contributed by atoms with E-state index in [1.54, 1.807) is 10.7 Å². The molecule has 0 saturated heterocycles. The number of rotatable bonds is 2. The largest absolute Gasteiger partial charge is 0.465 e. The topological polar surface area (TPSA) is 44.1 Å². The van der Waals surface area contributed by atoms with Crippen molar-refractivity contribution in [1.29, 1.82) is 0 Å². The summed E-state index contributed by atoms with van der Waals surface area (Å²) in [4.78, 5) is 11.4. The minimum absolute atomic E-state index is 0.314. The van der Waals surface area contributed by atoms with E-state index in [0.29, 0.717) is 5.56 Å². The Hall–Kier alpha value is -2.10. The van der Waals surface area contributed by atoms with Gasteiger partial charge in [0.2, 0.25) is 0 Å². The van der Waals surface area contributed by atoms with E-state index in [2.05, 4.69) is 5.10 Å². The standard InChI is InChI=1S/C13H14N2O2/c1-9-8-11(15-7-6-10(2)14-15)4-5-12(9)13(16)17-3/h4-8H,1-3H3.